The highest BCUT2D eigenvalue weighted by Crippen LogP contribution is 2.21. The molecule has 0 unspecified atom stereocenters. The van der Waals surface area contributed by atoms with Gasteiger partial charge in [-0.1, -0.05) is 11.6 Å². The van der Waals surface area contributed by atoms with Crippen molar-refractivity contribution in [3.8, 4) is 0 Å². The molecular formula is C8H8ClF3N2. The minimum Gasteiger partial charge on any atom is -0.238 e. The zero-order valence-corrected chi connectivity index (χ0v) is 8.15. The summed E-state index contributed by atoms with van der Waals surface area (Å²) in [6.07, 6.45) is -5.34. The third-order valence-corrected chi connectivity index (χ3v) is 1.69. The zero-order valence-electron chi connectivity index (χ0n) is 7.40. The van der Waals surface area contributed by atoms with Crippen LogP contribution in [-0.4, -0.2) is 16.1 Å². The van der Waals surface area contributed by atoms with Crippen molar-refractivity contribution in [1.82, 2.24) is 9.97 Å². The number of hydrogen-bond donors (Lipinski definition) is 0. The summed E-state index contributed by atoms with van der Waals surface area (Å²) in [6.45, 7) is 1.66. The Morgan fingerprint density at radius 2 is 2.00 bits per heavy atom. The molecule has 14 heavy (non-hydrogen) atoms. The van der Waals surface area contributed by atoms with E-state index in [1.54, 1.807) is 6.92 Å². The second kappa shape index (κ2) is 4.13. The Labute approximate surface area is 84.1 Å². The highest BCUT2D eigenvalue weighted by atomic mass is 35.5. The molecule has 0 N–H and O–H groups in total. The molecule has 0 bridgehead atoms. The summed E-state index contributed by atoms with van der Waals surface area (Å²) in [5, 5.41) is 0.176. The number of rotatable bonds is 2. The largest absolute Gasteiger partial charge is 0.389 e. The van der Waals surface area contributed by atoms with Crippen LogP contribution in [-0.2, 0) is 6.42 Å². The molecule has 78 valence electrons. The Morgan fingerprint density at radius 1 is 1.36 bits per heavy atom. The average molecular weight is 225 g/mol. The van der Waals surface area contributed by atoms with Gasteiger partial charge in [-0.05, 0) is 13.0 Å². The van der Waals surface area contributed by atoms with Crippen LogP contribution in [0.3, 0.4) is 0 Å². The molecule has 6 heteroatoms. The van der Waals surface area contributed by atoms with E-state index in [9.17, 15) is 13.2 Å². The second-order valence-electron chi connectivity index (χ2n) is 2.86. The molecule has 0 aromatic carbocycles. The molecular weight excluding hydrogens is 217 g/mol. The lowest BCUT2D eigenvalue weighted by Crippen LogP contribution is -2.10. The maximum atomic E-state index is 11.9. The average Bonchev–Trinajstić information content (AvgIpc) is 1.97. The minimum absolute atomic E-state index is 0.132. The van der Waals surface area contributed by atoms with Crippen molar-refractivity contribution in [2.75, 3.05) is 0 Å². The van der Waals surface area contributed by atoms with Crippen LogP contribution in [0.4, 0.5) is 13.2 Å². The van der Waals surface area contributed by atoms with E-state index >= 15 is 0 Å². The third kappa shape index (κ3) is 3.91. The molecule has 0 radical (unpaired) electrons. The van der Waals surface area contributed by atoms with E-state index < -0.39 is 12.6 Å². The highest BCUT2D eigenvalue weighted by Gasteiger charge is 2.27. The standard InChI is InChI=1S/C8H8ClF3N2/c1-5-4-6(9)14-7(13-5)2-3-8(10,11)12/h4H,2-3H2,1H3. The topological polar surface area (TPSA) is 25.8 Å². The molecule has 0 aliphatic rings. The van der Waals surface area contributed by atoms with Gasteiger partial charge in [0.1, 0.15) is 11.0 Å². The quantitative estimate of drug-likeness (QED) is 0.722. The molecule has 0 aliphatic heterocycles. The van der Waals surface area contributed by atoms with Crippen molar-refractivity contribution in [2.45, 2.75) is 25.9 Å². The fourth-order valence-electron chi connectivity index (χ4n) is 0.954. The van der Waals surface area contributed by atoms with Gasteiger partial charge in [-0.2, -0.15) is 13.2 Å². The van der Waals surface area contributed by atoms with Crippen molar-refractivity contribution < 1.29 is 13.2 Å². The summed E-state index contributed by atoms with van der Waals surface area (Å²) in [4.78, 5) is 7.53. The fraction of sp³-hybridized carbons (Fsp3) is 0.500. The Morgan fingerprint density at radius 3 is 2.50 bits per heavy atom. The van der Waals surface area contributed by atoms with Gasteiger partial charge < -0.3 is 0 Å². The summed E-state index contributed by atoms with van der Waals surface area (Å²) < 4.78 is 35.6. The van der Waals surface area contributed by atoms with Gasteiger partial charge in [0.05, 0.1) is 6.42 Å². The van der Waals surface area contributed by atoms with Crippen LogP contribution in [0.25, 0.3) is 0 Å². The van der Waals surface area contributed by atoms with Crippen molar-refractivity contribution in [2.24, 2.45) is 0 Å². The first kappa shape index (κ1) is 11.2. The first-order valence-electron chi connectivity index (χ1n) is 3.93. The third-order valence-electron chi connectivity index (χ3n) is 1.50. The number of alkyl halides is 3. The second-order valence-corrected chi connectivity index (χ2v) is 3.25. The van der Waals surface area contributed by atoms with E-state index in [-0.39, 0.29) is 17.4 Å². The van der Waals surface area contributed by atoms with Crippen LogP contribution in [0, 0.1) is 6.92 Å². The van der Waals surface area contributed by atoms with Gasteiger partial charge in [-0.15, -0.1) is 0 Å². The molecule has 0 atom stereocenters. The van der Waals surface area contributed by atoms with Crippen molar-refractivity contribution >= 4 is 11.6 Å². The van der Waals surface area contributed by atoms with Crippen LogP contribution >= 0.6 is 11.6 Å². The van der Waals surface area contributed by atoms with Gasteiger partial charge >= 0.3 is 6.18 Å². The molecule has 0 saturated heterocycles. The Bertz CT molecular complexity index is 305. The lowest BCUT2D eigenvalue weighted by Gasteiger charge is -2.05. The summed E-state index contributed by atoms with van der Waals surface area (Å²) in [5.41, 5.74) is 0.571. The Balaban J connectivity index is 2.68. The van der Waals surface area contributed by atoms with E-state index in [1.807, 2.05) is 0 Å². The molecule has 1 heterocycles. The van der Waals surface area contributed by atoms with Gasteiger partial charge in [0.15, 0.2) is 0 Å². The zero-order chi connectivity index (χ0) is 10.8. The molecule has 0 aliphatic carbocycles. The lowest BCUT2D eigenvalue weighted by atomic mass is 10.3. The van der Waals surface area contributed by atoms with E-state index in [0.717, 1.165) is 0 Å². The SMILES string of the molecule is Cc1cc(Cl)nc(CCC(F)(F)F)n1. The molecule has 0 spiro atoms. The normalized spacial score (nSPS) is 11.8. The monoisotopic (exact) mass is 224 g/mol. The summed E-state index contributed by atoms with van der Waals surface area (Å²) in [7, 11) is 0. The summed E-state index contributed by atoms with van der Waals surface area (Å²) in [6, 6.07) is 1.50. The predicted molar refractivity (Wildman–Crippen MR) is 46.2 cm³/mol. The number of halogens is 4. The van der Waals surface area contributed by atoms with Crippen LogP contribution in [0.2, 0.25) is 5.15 Å². The van der Waals surface area contributed by atoms with Crippen LogP contribution in [0.5, 0.6) is 0 Å². The van der Waals surface area contributed by atoms with Crippen LogP contribution < -0.4 is 0 Å². The number of aromatic nitrogens is 2. The molecule has 1 rings (SSSR count). The summed E-state index contributed by atoms with van der Waals surface area (Å²) >= 11 is 5.57. The van der Waals surface area contributed by atoms with Crippen molar-refractivity contribution in [3.63, 3.8) is 0 Å². The Kier molecular flexibility index (Phi) is 3.31. The van der Waals surface area contributed by atoms with Crippen molar-refractivity contribution in [1.29, 1.82) is 0 Å². The first-order chi connectivity index (χ1) is 6.37. The van der Waals surface area contributed by atoms with Crippen molar-refractivity contribution in [3.05, 3.63) is 22.7 Å². The van der Waals surface area contributed by atoms with E-state index in [2.05, 4.69) is 9.97 Å². The smallest absolute Gasteiger partial charge is 0.238 e. The van der Waals surface area contributed by atoms with E-state index in [1.165, 1.54) is 6.07 Å². The molecule has 0 amide bonds. The predicted octanol–water partition coefficient (Wildman–Crippen LogP) is 2.93. The molecule has 1 aromatic heterocycles. The van der Waals surface area contributed by atoms with Gasteiger partial charge in [0.25, 0.3) is 0 Å². The maximum absolute atomic E-state index is 11.9. The van der Waals surface area contributed by atoms with E-state index in [0.29, 0.717) is 5.69 Å². The van der Waals surface area contributed by atoms with Gasteiger partial charge in [-0.3, -0.25) is 0 Å². The number of hydrogen-bond acceptors (Lipinski definition) is 2. The molecule has 0 fully saturated rings. The van der Waals surface area contributed by atoms with E-state index in [4.69, 9.17) is 11.6 Å². The van der Waals surface area contributed by atoms with Gasteiger partial charge in [0, 0.05) is 12.1 Å². The fourth-order valence-corrected chi connectivity index (χ4v) is 1.21. The highest BCUT2D eigenvalue weighted by molar-refractivity contribution is 6.29. The molecule has 2 nitrogen and oxygen atoms in total. The molecule has 0 saturated carbocycles. The lowest BCUT2D eigenvalue weighted by molar-refractivity contribution is -0.134. The molecule has 1 aromatic rings. The van der Waals surface area contributed by atoms with Gasteiger partial charge in [0.2, 0.25) is 0 Å². The minimum atomic E-state index is -4.18. The number of aryl methyl sites for hydroxylation is 2. The van der Waals surface area contributed by atoms with Crippen LogP contribution in [0.15, 0.2) is 6.07 Å². The first-order valence-corrected chi connectivity index (χ1v) is 4.31. The van der Waals surface area contributed by atoms with Gasteiger partial charge in [-0.25, -0.2) is 9.97 Å². The maximum Gasteiger partial charge on any atom is 0.389 e. The Hall–Kier alpha value is -0.840. The summed E-state index contributed by atoms with van der Waals surface area (Å²) in [5.74, 6) is 0.132. The van der Waals surface area contributed by atoms with Crippen LogP contribution in [0.1, 0.15) is 17.9 Å². The number of nitrogens with zero attached hydrogens (tertiary/aromatic N) is 2.